The summed E-state index contributed by atoms with van der Waals surface area (Å²) in [6.07, 6.45) is 22.6. The molecule has 5 N–H and O–H groups in total. The molecule has 3 amide bonds. The molecule has 608 valence electrons. The molecule has 112 heavy (non-hydrogen) atoms. The van der Waals surface area contributed by atoms with E-state index in [-0.39, 0.29) is 76.3 Å². The number of ether oxygens (including phenoxy) is 4. The summed E-state index contributed by atoms with van der Waals surface area (Å²) >= 11 is 13.2. The monoisotopic (exact) mass is 1800 g/mol. The maximum Gasteiger partial charge on any atom is 0.410 e. The zero-order chi connectivity index (χ0) is 79.2. The van der Waals surface area contributed by atoms with Crippen LogP contribution in [0.4, 0.5) is 49.0 Å². The first-order valence-corrected chi connectivity index (χ1v) is 37.6. The molecular weight excluding hydrogens is 1700 g/mol. The molecule has 7 aromatic heterocycles. The van der Waals surface area contributed by atoms with Crippen molar-refractivity contribution in [2.24, 2.45) is 21.1 Å². The highest BCUT2D eigenvalue weighted by atomic mass is 79.9. The van der Waals surface area contributed by atoms with Crippen LogP contribution in [0.25, 0.3) is 22.3 Å². The van der Waals surface area contributed by atoms with E-state index >= 15 is 0 Å². The summed E-state index contributed by atoms with van der Waals surface area (Å²) in [4.78, 5) is 113. The fraction of sp³-hybridized carbons (Fsp3) is 0.412. The van der Waals surface area contributed by atoms with Crippen molar-refractivity contribution >= 4 is 145 Å². The van der Waals surface area contributed by atoms with Crippen molar-refractivity contribution in [1.29, 1.82) is 0 Å². The lowest BCUT2D eigenvalue weighted by Gasteiger charge is -2.29. The van der Waals surface area contributed by atoms with E-state index in [0.29, 0.717) is 92.2 Å². The first-order chi connectivity index (χ1) is 50.9. The number of Topliss-reactive ketones (excluding diaryl/α,β-unsaturated/α-hetero) is 1. The van der Waals surface area contributed by atoms with Crippen molar-refractivity contribution in [3.63, 3.8) is 0 Å². The molecular formula is C80H107Br4N15O13. The molecule has 5 aliphatic rings. The van der Waals surface area contributed by atoms with Crippen LogP contribution in [0.15, 0.2) is 167 Å². The summed E-state index contributed by atoms with van der Waals surface area (Å²) in [6.45, 7) is 22.7. The van der Waals surface area contributed by atoms with Crippen molar-refractivity contribution < 1.29 is 43.0 Å². The van der Waals surface area contributed by atoms with Crippen LogP contribution in [-0.2, 0) is 44.9 Å². The van der Waals surface area contributed by atoms with Crippen molar-refractivity contribution in [2.45, 2.75) is 135 Å². The minimum Gasteiger partial charge on any atom is -0.444 e. The van der Waals surface area contributed by atoms with Gasteiger partial charge in [-0.1, -0.05) is 54.0 Å². The first kappa shape index (κ1) is 96.7. The van der Waals surface area contributed by atoms with Gasteiger partial charge in [-0.05, 0) is 268 Å². The summed E-state index contributed by atoms with van der Waals surface area (Å²) in [5, 5.41) is 20.0. The Morgan fingerprint density at radius 2 is 0.857 bits per heavy atom. The van der Waals surface area contributed by atoms with Crippen LogP contribution in [0.5, 0.6) is 0 Å². The van der Waals surface area contributed by atoms with Crippen molar-refractivity contribution in [1.82, 2.24) is 53.7 Å². The second-order valence-corrected chi connectivity index (χ2v) is 31.7. The highest BCUT2D eigenvalue weighted by Crippen LogP contribution is 2.29. The first-order valence-electron chi connectivity index (χ1n) is 34.4. The number of amides is 3. The van der Waals surface area contributed by atoms with Gasteiger partial charge in [0.15, 0.2) is 5.78 Å². The fourth-order valence-electron chi connectivity index (χ4n) is 10.4. The fourth-order valence-corrected chi connectivity index (χ4v) is 12.8. The Kier molecular flexibility index (Phi) is 38.6. The van der Waals surface area contributed by atoms with E-state index in [1.54, 1.807) is 97.2 Å². The highest BCUT2D eigenvalue weighted by molar-refractivity contribution is 9.11. The molecule has 5 aliphatic heterocycles. The van der Waals surface area contributed by atoms with Crippen molar-refractivity contribution in [3.05, 3.63) is 216 Å². The van der Waals surface area contributed by atoms with Gasteiger partial charge in [0, 0.05) is 129 Å². The molecule has 0 aliphatic carbocycles. The molecule has 1 saturated heterocycles. The van der Waals surface area contributed by atoms with Gasteiger partial charge in [-0.2, -0.15) is 0 Å². The van der Waals surface area contributed by atoms with E-state index < -0.39 is 21.7 Å². The summed E-state index contributed by atoms with van der Waals surface area (Å²) in [7, 11) is 5.13. The number of pyridine rings is 7. The minimum absolute atomic E-state index is 0. The smallest absolute Gasteiger partial charge is 0.410 e. The number of carbonyl (C=O) groups is 4. The number of nitrogens with one attached hydrogen (secondary N) is 3. The summed E-state index contributed by atoms with van der Waals surface area (Å²) in [6, 6.07) is 19.8. The minimum atomic E-state index is -0.525. The third-order valence-corrected chi connectivity index (χ3v) is 17.7. The van der Waals surface area contributed by atoms with Gasteiger partial charge in [0.25, 0.3) is 16.7 Å². The average Bonchev–Trinajstić information content (AvgIpc) is 0.847. The summed E-state index contributed by atoms with van der Waals surface area (Å²) < 4.78 is 28.3. The molecule has 7 aromatic rings. The van der Waals surface area contributed by atoms with Crippen LogP contribution in [0, 0.1) is 10.1 Å². The molecule has 0 aromatic carbocycles. The Morgan fingerprint density at radius 3 is 1.13 bits per heavy atom. The van der Waals surface area contributed by atoms with E-state index in [0.717, 1.165) is 79.2 Å². The summed E-state index contributed by atoms with van der Waals surface area (Å²) in [5.74, 6) is 1.81. The van der Waals surface area contributed by atoms with Crippen LogP contribution < -0.4 is 38.4 Å². The van der Waals surface area contributed by atoms with E-state index in [9.17, 15) is 43.7 Å². The Bertz CT molecular complexity index is 4610. The molecule has 12 heterocycles. The lowest BCUT2D eigenvalue weighted by molar-refractivity contribution is -0.389. The number of hydrogen-bond acceptors (Lipinski definition) is 21. The Labute approximate surface area is 690 Å². The Morgan fingerprint density at radius 1 is 0.509 bits per heavy atom. The van der Waals surface area contributed by atoms with Crippen LogP contribution in [0.3, 0.4) is 0 Å². The molecule has 0 atom stereocenters. The van der Waals surface area contributed by atoms with E-state index in [2.05, 4.69) is 110 Å². The number of nitro groups is 1. The summed E-state index contributed by atoms with van der Waals surface area (Å²) in [5.41, 5.74) is 13.5. The van der Waals surface area contributed by atoms with Crippen molar-refractivity contribution in [2.75, 3.05) is 81.9 Å². The number of carbonyl (C=O) groups excluding carboxylic acids is 4. The van der Waals surface area contributed by atoms with E-state index in [4.69, 9.17) is 19.9 Å². The van der Waals surface area contributed by atoms with Gasteiger partial charge in [0.05, 0.1) is 4.47 Å². The molecule has 0 radical (unpaired) electrons. The lowest BCUT2D eigenvalue weighted by atomic mass is 10.0. The van der Waals surface area contributed by atoms with Gasteiger partial charge in [-0.3, -0.25) is 19.2 Å². The normalized spacial score (nSPS) is 14.2. The number of halogens is 4. The molecule has 0 saturated carbocycles. The zero-order valence-corrected chi connectivity index (χ0v) is 68.8. The van der Waals surface area contributed by atoms with Gasteiger partial charge >= 0.3 is 24.1 Å². The molecule has 32 heteroatoms. The number of hydrogen-bond donors (Lipinski definition) is 4. The van der Waals surface area contributed by atoms with E-state index in [1.807, 2.05) is 117 Å². The van der Waals surface area contributed by atoms with Gasteiger partial charge < -0.3 is 79.1 Å². The molecule has 28 nitrogen and oxygen atoms in total. The molecule has 1 fully saturated rings. The largest absolute Gasteiger partial charge is 0.444 e. The second kappa shape index (κ2) is 44.7. The SMILES string of the molecule is C.C.C.C.CC(C)(C)OC(=O)N1CC=C(c2ccc(N)nc2)CC1.CC(C)(C)OC(=O)N1CC=C(c2ccc([N+](=O)[O-])nc2)CC1.Cn1cc(Br)cc(Br)c1=O.Cn1cc(Br)cc(Nc2ccc(C3=CCN(C(=O)OC(C)(C)C)CC3)cn2)c1=O.Cn1cc(Br)cc(Nc2ccc(C3=CCNCC3)cn2)c1=O.O=C1COC1. The van der Waals surface area contributed by atoms with Gasteiger partial charge in [0.1, 0.15) is 65.0 Å². The maximum atomic E-state index is 12.2. The number of nitrogens with two attached hydrogens (primary N) is 1. The maximum absolute atomic E-state index is 12.2. The van der Waals surface area contributed by atoms with E-state index in [1.165, 1.54) is 37.1 Å². The number of nitrogens with zero attached hydrogens (tertiary/aromatic N) is 11. The van der Waals surface area contributed by atoms with Crippen LogP contribution in [0.2, 0.25) is 0 Å². The van der Waals surface area contributed by atoms with Gasteiger partial charge in [-0.25, -0.2) is 29.3 Å². The number of aromatic nitrogens is 7. The van der Waals surface area contributed by atoms with Gasteiger partial charge in [0.2, 0.25) is 0 Å². The standard InChI is InChI=1S/C21H25BrN4O3.C16H17BrN4O.C15H19N3O4.C15H21N3O2.C6H5Br2NO.C3H4O2.4CH4/c1-21(2,3)29-20(28)26-9-7-14(8-10-26)15-5-6-18(23-12-15)24-17-11-16(22)13-25(4)19(17)27;1-21-10-13(17)8-14(16(21)22)20-15-3-2-12(9-19-15)11-4-6-18-7-5-11;1-15(2,3)22-14(19)17-8-6-11(7-9-17)12-4-5-13(16-10-12)18(20)21;1-15(2,3)20-14(19)18-8-6-11(7-9-18)12-4-5-13(16)17-10-12;1-9-3-4(7)2-5(8)6(9)10;4-3-1-5-2-3;;;;/h5-7,11-13H,8-10H2,1-4H3,(H,23,24);2-4,8-10,18H,5-7H2,1H3,(H,19,20);4-6,10H,7-9H2,1-3H3;4-6,10H,7-9H2,1-3H3,(H2,16,17);2-3H,1H3;1-2H2;4*1H4. The molecule has 0 bridgehead atoms. The quantitative estimate of drug-likeness (QED) is 0.0592. The van der Waals surface area contributed by atoms with Crippen molar-refractivity contribution in [3.8, 4) is 0 Å². The average molecular weight is 1810 g/mol. The molecule has 0 spiro atoms. The number of aryl methyl sites for hydroxylation is 3. The second-order valence-electron chi connectivity index (χ2n) is 28.1. The third-order valence-electron chi connectivity index (χ3n) is 15.8. The molecule has 12 rings (SSSR count). The van der Waals surface area contributed by atoms with Gasteiger partial charge in [-0.15, -0.1) is 0 Å². The zero-order valence-electron chi connectivity index (χ0n) is 62.4. The highest BCUT2D eigenvalue weighted by Gasteiger charge is 2.28. The lowest BCUT2D eigenvalue weighted by Crippen LogP contribution is -2.39. The number of anilines is 5. The predicted octanol–water partition coefficient (Wildman–Crippen LogP) is 16.7. The molecule has 0 unspecified atom stereocenters. The third kappa shape index (κ3) is 31.6. The van der Waals surface area contributed by atoms with Crippen LogP contribution >= 0.6 is 63.7 Å². The number of nitrogen functional groups attached to an aromatic ring is 1. The number of rotatable bonds is 9. The van der Waals surface area contributed by atoms with Crippen LogP contribution in [-0.4, -0.2) is 160 Å². The topological polar surface area (TPSA) is 338 Å². The van der Waals surface area contributed by atoms with Crippen LogP contribution in [0.1, 0.15) is 140 Å². The Balaban J connectivity index is 0.000000362. The number of ketones is 1. The Hall–Kier alpha value is -9.47. The predicted molar refractivity (Wildman–Crippen MR) is 460 cm³/mol.